The van der Waals surface area contributed by atoms with Crippen molar-refractivity contribution >= 4 is 18.3 Å². The lowest BCUT2D eigenvalue weighted by molar-refractivity contribution is -0.154. The summed E-state index contributed by atoms with van der Waals surface area (Å²) < 4.78 is 41.1. The van der Waals surface area contributed by atoms with E-state index in [1.165, 1.54) is 6.20 Å². The number of nitrogens with one attached hydrogen (secondary N) is 2. The molecule has 0 radical (unpaired) electrons. The second-order valence-electron chi connectivity index (χ2n) is 4.74. The Kier molecular flexibility index (Phi) is 6.89. The summed E-state index contributed by atoms with van der Waals surface area (Å²) in [7, 11) is 0. The number of nitrogens with zero attached hydrogens (tertiary/aromatic N) is 1. The largest absolute Gasteiger partial charge is 0.468 e. The first-order valence-electron chi connectivity index (χ1n) is 6.60. The number of carbonyl (C=O) groups excluding carboxylic acids is 1. The van der Waals surface area contributed by atoms with E-state index in [-0.39, 0.29) is 36.8 Å². The van der Waals surface area contributed by atoms with Crippen LogP contribution in [-0.2, 0) is 11.3 Å². The molecule has 124 valence electrons. The van der Waals surface area contributed by atoms with Gasteiger partial charge < -0.3 is 15.4 Å². The molecule has 2 heterocycles. The highest BCUT2D eigenvalue weighted by Crippen LogP contribution is 2.20. The molecule has 0 aliphatic carbocycles. The third-order valence-corrected chi connectivity index (χ3v) is 3.05. The summed E-state index contributed by atoms with van der Waals surface area (Å²) in [4.78, 5) is 15.6. The summed E-state index contributed by atoms with van der Waals surface area (Å²) >= 11 is 0. The molecule has 9 heteroatoms. The third-order valence-electron chi connectivity index (χ3n) is 3.05. The molecule has 1 atom stereocenters. The van der Waals surface area contributed by atoms with Gasteiger partial charge in [-0.15, -0.1) is 12.4 Å². The maximum Gasteiger partial charge on any atom is 0.422 e. The van der Waals surface area contributed by atoms with Crippen LogP contribution in [0.4, 0.5) is 13.2 Å². The van der Waals surface area contributed by atoms with Crippen molar-refractivity contribution in [2.75, 3.05) is 13.2 Å². The Morgan fingerprint density at radius 3 is 2.91 bits per heavy atom. The van der Waals surface area contributed by atoms with Gasteiger partial charge in [-0.05, 0) is 25.5 Å². The molecule has 1 amide bonds. The zero-order valence-corrected chi connectivity index (χ0v) is 12.5. The van der Waals surface area contributed by atoms with Gasteiger partial charge in [-0.25, -0.2) is 4.98 Å². The zero-order valence-electron chi connectivity index (χ0n) is 11.7. The number of alkyl halides is 3. The molecule has 22 heavy (non-hydrogen) atoms. The molecule has 0 aromatic carbocycles. The van der Waals surface area contributed by atoms with Crippen LogP contribution in [0.15, 0.2) is 18.3 Å². The van der Waals surface area contributed by atoms with Crippen LogP contribution in [-0.4, -0.2) is 36.3 Å². The van der Waals surface area contributed by atoms with Crippen molar-refractivity contribution in [3.8, 4) is 5.88 Å². The first-order chi connectivity index (χ1) is 9.96. The van der Waals surface area contributed by atoms with E-state index in [9.17, 15) is 18.0 Å². The third kappa shape index (κ3) is 5.69. The number of hydrogen-bond donors (Lipinski definition) is 2. The van der Waals surface area contributed by atoms with Crippen LogP contribution in [0, 0.1) is 0 Å². The Morgan fingerprint density at radius 1 is 1.50 bits per heavy atom. The smallest absolute Gasteiger partial charge is 0.422 e. The summed E-state index contributed by atoms with van der Waals surface area (Å²) in [5, 5.41) is 5.72. The van der Waals surface area contributed by atoms with Crippen molar-refractivity contribution in [3.63, 3.8) is 0 Å². The van der Waals surface area contributed by atoms with Crippen LogP contribution >= 0.6 is 12.4 Å². The second-order valence-corrected chi connectivity index (χ2v) is 4.74. The monoisotopic (exact) mass is 339 g/mol. The van der Waals surface area contributed by atoms with Crippen LogP contribution in [0.25, 0.3) is 0 Å². The van der Waals surface area contributed by atoms with Crippen molar-refractivity contribution in [2.24, 2.45) is 0 Å². The minimum atomic E-state index is -4.42. The number of rotatable bonds is 5. The highest BCUT2D eigenvalue weighted by Gasteiger charge is 2.29. The molecule has 1 aliphatic heterocycles. The average molecular weight is 340 g/mol. The summed E-state index contributed by atoms with van der Waals surface area (Å²) in [6.07, 6.45) is -1.39. The first-order valence-corrected chi connectivity index (χ1v) is 6.60. The van der Waals surface area contributed by atoms with Crippen molar-refractivity contribution < 1.29 is 22.7 Å². The molecular formula is C13H17ClF3N3O2. The molecule has 0 saturated carbocycles. The van der Waals surface area contributed by atoms with E-state index in [0.717, 1.165) is 19.4 Å². The number of hydrogen-bond acceptors (Lipinski definition) is 4. The standard InChI is InChI=1S/C13H16F3N3O2.ClH/c14-13(15,16)8-21-12-9(3-1-6-18-12)7-19-11(20)10-4-2-5-17-10;/h1,3,6,10,17H,2,4-5,7-8H2,(H,19,20);1H. The van der Waals surface area contributed by atoms with Crippen molar-refractivity contribution in [2.45, 2.75) is 31.6 Å². The Morgan fingerprint density at radius 2 is 2.27 bits per heavy atom. The first kappa shape index (κ1) is 18.5. The number of aromatic nitrogens is 1. The van der Waals surface area contributed by atoms with Gasteiger partial charge in [-0.2, -0.15) is 13.2 Å². The van der Waals surface area contributed by atoms with Crippen LogP contribution in [0.1, 0.15) is 18.4 Å². The van der Waals surface area contributed by atoms with Gasteiger partial charge in [0.1, 0.15) is 0 Å². The molecule has 5 nitrogen and oxygen atoms in total. The highest BCUT2D eigenvalue weighted by molar-refractivity contribution is 5.85. The Labute approximate surface area is 132 Å². The van der Waals surface area contributed by atoms with E-state index in [1.54, 1.807) is 12.1 Å². The molecule has 2 N–H and O–H groups in total. The fourth-order valence-corrected chi connectivity index (χ4v) is 2.05. The van der Waals surface area contributed by atoms with E-state index in [4.69, 9.17) is 0 Å². The van der Waals surface area contributed by atoms with Gasteiger partial charge in [0, 0.05) is 18.3 Å². The SMILES string of the molecule is Cl.O=C(NCc1cccnc1OCC(F)(F)F)C1CCCN1. The molecule has 0 spiro atoms. The molecule has 1 saturated heterocycles. The Hall–Kier alpha value is -1.54. The van der Waals surface area contributed by atoms with Gasteiger partial charge in [0.2, 0.25) is 11.8 Å². The fraction of sp³-hybridized carbons (Fsp3) is 0.538. The van der Waals surface area contributed by atoms with Crippen LogP contribution in [0.3, 0.4) is 0 Å². The molecule has 1 fully saturated rings. The molecule has 1 aromatic heterocycles. The van der Waals surface area contributed by atoms with E-state index < -0.39 is 12.8 Å². The molecular weight excluding hydrogens is 323 g/mol. The van der Waals surface area contributed by atoms with Crippen molar-refractivity contribution in [1.29, 1.82) is 0 Å². The summed E-state index contributed by atoms with van der Waals surface area (Å²) in [5.74, 6) is -0.285. The molecule has 2 rings (SSSR count). The highest BCUT2D eigenvalue weighted by atomic mass is 35.5. The number of ether oxygens (including phenoxy) is 1. The van der Waals surface area contributed by atoms with Gasteiger partial charge in [-0.1, -0.05) is 6.07 Å². The molecule has 0 bridgehead atoms. The predicted molar refractivity (Wildman–Crippen MR) is 75.9 cm³/mol. The minimum absolute atomic E-state index is 0. The lowest BCUT2D eigenvalue weighted by Gasteiger charge is -2.14. The number of pyridine rings is 1. The van der Waals surface area contributed by atoms with E-state index in [1.807, 2.05) is 0 Å². The summed E-state index contributed by atoms with van der Waals surface area (Å²) in [6.45, 7) is -0.530. The Balaban J connectivity index is 0.00000242. The lowest BCUT2D eigenvalue weighted by atomic mass is 10.2. The van der Waals surface area contributed by atoms with Gasteiger partial charge in [0.25, 0.3) is 0 Å². The summed E-state index contributed by atoms with van der Waals surface area (Å²) in [6, 6.07) is 2.91. The molecule has 1 aromatic rings. The lowest BCUT2D eigenvalue weighted by Crippen LogP contribution is -2.40. The number of carbonyl (C=O) groups is 1. The van der Waals surface area contributed by atoms with Gasteiger partial charge in [0.05, 0.1) is 6.04 Å². The summed E-state index contributed by atoms with van der Waals surface area (Å²) in [5.41, 5.74) is 0.410. The quantitative estimate of drug-likeness (QED) is 0.859. The predicted octanol–water partition coefficient (Wildman–Crippen LogP) is 1.81. The topological polar surface area (TPSA) is 63.2 Å². The normalized spacial score (nSPS) is 17.7. The zero-order chi connectivity index (χ0) is 15.3. The van der Waals surface area contributed by atoms with Gasteiger partial charge in [-0.3, -0.25) is 4.79 Å². The van der Waals surface area contributed by atoms with E-state index in [2.05, 4.69) is 20.4 Å². The Bertz CT molecular complexity index is 494. The van der Waals surface area contributed by atoms with Gasteiger partial charge >= 0.3 is 6.18 Å². The molecule has 1 aliphatic rings. The number of halogens is 4. The van der Waals surface area contributed by atoms with E-state index >= 15 is 0 Å². The average Bonchev–Trinajstić information content (AvgIpc) is 2.96. The molecule has 1 unspecified atom stereocenters. The number of amides is 1. The van der Waals surface area contributed by atoms with Crippen LogP contribution < -0.4 is 15.4 Å². The van der Waals surface area contributed by atoms with Gasteiger partial charge in [0.15, 0.2) is 6.61 Å². The van der Waals surface area contributed by atoms with Crippen LogP contribution in [0.2, 0.25) is 0 Å². The van der Waals surface area contributed by atoms with Crippen molar-refractivity contribution in [1.82, 2.24) is 15.6 Å². The minimum Gasteiger partial charge on any atom is -0.468 e. The second kappa shape index (κ2) is 8.19. The maximum atomic E-state index is 12.2. The maximum absolute atomic E-state index is 12.2. The fourth-order valence-electron chi connectivity index (χ4n) is 2.05. The van der Waals surface area contributed by atoms with Crippen molar-refractivity contribution in [3.05, 3.63) is 23.9 Å². The van der Waals surface area contributed by atoms with Crippen LogP contribution in [0.5, 0.6) is 5.88 Å². The van der Waals surface area contributed by atoms with E-state index in [0.29, 0.717) is 5.56 Å².